The Hall–Kier alpha value is -1.82. The number of sulfone groups is 1. The van der Waals surface area contributed by atoms with Crippen molar-refractivity contribution < 1.29 is 17.6 Å². The molecular formula is C17H18O5S. The van der Waals surface area contributed by atoms with Crippen LogP contribution in [0.15, 0.2) is 27.4 Å². The van der Waals surface area contributed by atoms with Crippen LogP contribution in [-0.2, 0) is 22.7 Å². The standard InChI is InChI=1S/C17H18O5S/c18-17-14-3-1-2-13(14)15-8-12(4-5-16(15)22-17)21-9-11-6-7-23(19,20)10-11/h4-5,8,11H,1-3,6-7,9-10H2. The summed E-state index contributed by atoms with van der Waals surface area (Å²) in [6, 6.07) is 5.44. The lowest BCUT2D eigenvalue weighted by molar-refractivity contribution is 0.263. The van der Waals surface area contributed by atoms with Gasteiger partial charge < -0.3 is 9.15 Å². The molecule has 2 heterocycles. The minimum absolute atomic E-state index is 0.0649. The van der Waals surface area contributed by atoms with E-state index in [1.165, 1.54) is 0 Å². The molecule has 1 fully saturated rings. The summed E-state index contributed by atoms with van der Waals surface area (Å²) >= 11 is 0. The van der Waals surface area contributed by atoms with Crippen LogP contribution in [0.3, 0.4) is 0 Å². The SMILES string of the molecule is O=c1oc2ccc(OCC3CCS(=O)(=O)C3)cc2c2c1CCC2. The largest absolute Gasteiger partial charge is 0.493 e. The van der Waals surface area contributed by atoms with Crippen LogP contribution < -0.4 is 10.4 Å². The highest BCUT2D eigenvalue weighted by Gasteiger charge is 2.28. The topological polar surface area (TPSA) is 73.6 Å². The second-order valence-corrected chi connectivity index (χ2v) is 8.67. The fourth-order valence-corrected chi connectivity index (χ4v) is 5.41. The maximum absolute atomic E-state index is 11.9. The number of fused-ring (bicyclic) bond motifs is 3. The zero-order valence-corrected chi connectivity index (χ0v) is 13.5. The van der Waals surface area contributed by atoms with Gasteiger partial charge in [0, 0.05) is 16.9 Å². The van der Waals surface area contributed by atoms with Gasteiger partial charge in [-0.1, -0.05) is 0 Å². The van der Waals surface area contributed by atoms with Crippen molar-refractivity contribution in [2.75, 3.05) is 18.1 Å². The summed E-state index contributed by atoms with van der Waals surface area (Å²) < 4.78 is 34.2. The van der Waals surface area contributed by atoms with E-state index in [1.54, 1.807) is 12.1 Å². The lowest BCUT2D eigenvalue weighted by Gasteiger charge is -2.11. The minimum atomic E-state index is -2.88. The highest BCUT2D eigenvalue weighted by Crippen LogP contribution is 2.30. The van der Waals surface area contributed by atoms with Crippen LogP contribution in [0.25, 0.3) is 11.0 Å². The van der Waals surface area contributed by atoms with E-state index in [0.717, 1.165) is 35.8 Å². The lowest BCUT2D eigenvalue weighted by Crippen LogP contribution is -2.13. The third-order valence-electron chi connectivity index (χ3n) is 4.76. The average molecular weight is 334 g/mol. The van der Waals surface area contributed by atoms with E-state index in [-0.39, 0.29) is 23.0 Å². The van der Waals surface area contributed by atoms with E-state index in [2.05, 4.69) is 0 Å². The molecule has 0 saturated carbocycles. The normalized spacial score (nSPS) is 22.3. The maximum atomic E-state index is 11.9. The number of ether oxygens (including phenoxy) is 1. The van der Waals surface area contributed by atoms with Crippen LogP contribution in [0.4, 0.5) is 0 Å². The van der Waals surface area contributed by atoms with Crippen LogP contribution in [-0.4, -0.2) is 26.5 Å². The molecule has 1 aliphatic carbocycles. The van der Waals surface area contributed by atoms with Gasteiger partial charge in [-0.05, 0) is 49.4 Å². The van der Waals surface area contributed by atoms with Gasteiger partial charge in [-0.2, -0.15) is 0 Å². The molecule has 0 amide bonds. The highest BCUT2D eigenvalue weighted by molar-refractivity contribution is 7.91. The van der Waals surface area contributed by atoms with Crippen molar-refractivity contribution in [2.24, 2.45) is 5.92 Å². The molecule has 1 saturated heterocycles. The first kappa shape index (κ1) is 14.8. The predicted octanol–water partition coefficient (Wildman–Crippen LogP) is 2.10. The summed E-state index contributed by atoms with van der Waals surface area (Å²) in [5, 5.41) is 0.939. The average Bonchev–Trinajstić information content (AvgIpc) is 3.12. The van der Waals surface area contributed by atoms with Crippen molar-refractivity contribution >= 4 is 20.8 Å². The smallest absolute Gasteiger partial charge is 0.339 e. The quantitative estimate of drug-likeness (QED) is 0.804. The van der Waals surface area contributed by atoms with Gasteiger partial charge >= 0.3 is 5.63 Å². The Labute approximate surface area is 134 Å². The molecule has 1 aromatic heterocycles. The van der Waals surface area contributed by atoms with Crippen molar-refractivity contribution in [3.63, 3.8) is 0 Å². The molecule has 1 atom stereocenters. The molecule has 1 aromatic carbocycles. The highest BCUT2D eigenvalue weighted by atomic mass is 32.2. The third kappa shape index (κ3) is 2.76. The van der Waals surface area contributed by atoms with E-state index in [0.29, 0.717) is 24.4 Å². The lowest BCUT2D eigenvalue weighted by atomic mass is 10.1. The molecule has 0 N–H and O–H groups in total. The summed E-state index contributed by atoms with van der Waals surface area (Å²) in [5.41, 5.74) is 2.22. The van der Waals surface area contributed by atoms with Gasteiger partial charge in [-0.15, -0.1) is 0 Å². The van der Waals surface area contributed by atoms with Crippen LogP contribution in [0.2, 0.25) is 0 Å². The Morgan fingerprint density at radius 3 is 2.83 bits per heavy atom. The third-order valence-corrected chi connectivity index (χ3v) is 6.59. The van der Waals surface area contributed by atoms with Gasteiger partial charge in [-0.3, -0.25) is 0 Å². The first-order chi connectivity index (χ1) is 11.0. The monoisotopic (exact) mass is 334 g/mol. The molecule has 122 valence electrons. The molecule has 1 unspecified atom stereocenters. The molecule has 2 aliphatic rings. The van der Waals surface area contributed by atoms with E-state index in [4.69, 9.17) is 9.15 Å². The molecule has 23 heavy (non-hydrogen) atoms. The number of hydrogen-bond donors (Lipinski definition) is 0. The zero-order chi connectivity index (χ0) is 16.0. The van der Waals surface area contributed by atoms with E-state index < -0.39 is 9.84 Å². The fraction of sp³-hybridized carbons (Fsp3) is 0.471. The Kier molecular flexibility index (Phi) is 3.44. The minimum Gasteiger partial charge on any atom is -0.493 e. The Balaban J connectivity index is 1.60. The maximum Gasteiger partial charge on any atom is 0.339 e. The van der Waals surface area contributed by atoms with Crippen molar-refractivity contribution in [3.05, 3.63) is 39.7 Å². The van der Waals surface area contributed by atoms with Gasteiger partial charge in [0.05, 0.1) is 18.1 Å². The molecule has 1 aliphatic heterocycles. The number of aryl methyl sites for hydroxylation is 1. The summed E-state index contributed by atoms with van der Waals surface area (Å²) in [5.74, 6) is 1.24. The summed E-state index contributed by atoms with van der Waals surface area (Å²) in [6.07, 6.45) is 3.31. The Morgan fingerprint density at radius 1 is 1.22 bits per heavy atom. The molecule has 5 nitrogen and oxygen atoms in total. The van der Waals surface area contributed by atoms with Gasteiger partial charge in [0.25, 0.3) is 0 Å². The van der Waals surface area contributed by atoms with Crippen LogP contribution in [0, 0.1) is 5.92 Å². The summed E-state index contributed by atoms with van der Waals surface area (Å²) in [4.78, 5) is 11.9. The van der Waals surface area contributed by atoms with Gasteiger partial charge in [-0.25, -0.2) is 13.2 Å². The van der Waals surface area contributed by atoms with E-state index in [1.807, 2.05) is 6.07 Å². The molecule has 6 heteroatoms. The first-order valence-electron chi connectivity index (χ1n) is 7.94. The van der Waals surface area contributed by atoms with Crippen molar-refractivity contribution in [3.8, 4) is 5.75 Å². The second-order valence-electron chi connectivity index (χ2n) is 6.44. The van der Waals surface area contributed by atoms with E-state index >= 15 is 0 Å². The fourth-order valence-electron chi connectivity index (χ4n) is 3.57. The number of rotatable bonds is 3. The van der Waals surface area contributed by atoms with Crippen molar-refractivity contribution in [1.82, 2.24) is 0 Å². The van der Waals surface area contributed by atoms with Gasteiger partial charge in [0.2, 0.25) is 0 Å². The molecule has 2 aromatic rings. The zero-order valence-electron chi connectivity index (χ0n) is 12.7. The van der Waals surface area contributed by atoms with Crippen LogP contribution in [0.1, 0.15) is 24.0 Å². The van der Waals surface area contributed by atoms with E-state index in [9.17, 15) is 13.2 Å². The number of hydrogen-bond acceptors (Lipinski definition) is 5. The predicted molar refractivity (Wildman–Crippen MR) is 86.8 cm³/mol. The van der Waals surface area contributed by atoms with Crippen LogP contribution >= 0.6 is 0 Å². The Bertz CT molecular complexity index is 926. The molecule has 0 spiro atoms. The molecular weight excluding hydrogens is 316 g/mol. The van der Waals surface area contributed by atoms with Gasteiger partial charge in [0.1, 0.15) is 11.3 Å². The van der Waals surface area contributed by atoms with Crippen LogP contribution in [0.5, 0.6) is 5.75 Å². The van der Waals surface area contributed by atoms with Crippen molar-refractivity contribution in [2.45, 2.75) is 25.7 Å². The van der Waals surface area contributed by atoms with Crippen molar-refractivity contribution in [1.29, 1.82) is 0 Å². The number of benzene rings is 1. The first-order valence-corrected chi connectivity index (χ1v) is 9.76. The molecule has 0 radical (unpaired) electrons. The summed E-state index contributed by atoms with van der Waals surface area (Å²) in [7, 11) is -2.88. The second kappa shape index (κ2) is 5.37. The molecule has 4 rings (SSSR count). The van der Waals surface area contributed by atoms with Gasteiger partial charge in [0.15, 0.2) is 9.84 Å². The Morgan fingerprint density at radius 2 is 2.04 bits per heavy atom. The molecule has 0 bridgehead atoms. The summed E-state index contributed by atoms with van der Waals surface area (Å²) in [6.45, 7) is 0.406.